The minimum Gasteiger partial charge on any atom is -0.395 e. The molecule has 1 heterocycles. The number of hydrogen-bond donors (Lipinski definition) is 2. The summed E-state index contributed by atoms with van der Waals surface area (Å²) in [6.07, 6.45) is -3.23. The van der Waals surface area contributed by atoms with Gasteiger partial charge in [0.05, 0.1) is 13.2 Å². The highest BCUT2D eigenvalue weighted by molar-refractivity contribution is 5.85. The molecular formula is C12H24ClF3N2O2. The quantitative estimate of drug-likeness (QED) is 0.661. The Kier molecular flexibility index (Phi) is 9.01. The maximum absolute atomic E-state index is 11.9. The lowest BCUT2D eigenvalue weighted by atomic mass is 9.89. The number of halogens is 4. The molecule has 0 saturated carbocycles. The van der Waals surface area contributed by atoms with E-state index in [1.54, 1.807) is 0 Å². The van der Waals surface area contributed by atoms with Gasteiger partial charge in [-0.05, 0) is 18.4 Å². The Hall–Kier alpha value is -0.0800. The normalized spacial score (nSPS) is 23.1. The summed E-state index contributed by atoms with van der Waals surface area (Å²) in [7, 11) is 0. The third-order valence-electron chi connectivity index (χ3n) is 3.30. The fourth-order valence-corrected chi connectivity index (χ4v) is 2.34. The molecule has 0 bridgehead atoms. The second-order valence-corrected chi connectivity index (χ2v) is 5.40. The molecule has 1 unspecified atom stereocenters. The molecule has 1 aliphatic rings. The van der Waals surface area contributed by atoms with Gasteiger partial charge in [-0.25, -0.2) is 0 Å². The average molecular weight is 321 g/mol. The van der Waals surface area contributed by atoms with E-state index in [1.807, 2.05) is 4.90 Å². The maximum atomic E-state index is 11.9. The summed E-state index contributed by atoms with van der Waals surface area (Å²) in [6, 6.07) is 0. The van der Waals surface area contributed by atoms with Gasteiger partial charge in [0.25, 0.3) is 0 Å². The van der Waals surface area contributed by atoms with E-state index in [9.17, 15) is 13.2 Å². The molecule has 1 fully saturated rings. The van der Waals surface area contributed by atoms with Crippen LogP contribution in [0.1, 0.15) is 13.3 Å². The summed E-state index contributed by atoms with van der Waals surface area (Å²) in [5.41, 5.74) is 0.124. The lowest BCUT2D eigenvalue weighted by molar-refractivity contribution is -0.174. The number of aliphatic hydroxyl groups is 1. The predicted molar refractivity (Wildman–Crippen MR) is 73.2 cm³/mol. The lowest BCUT2D eigenvalue weighted by Gasteiger charge is -2.31. The highest BCUT2D eigenvalue weighted by Gasteiger charge is 2.31. The molecule has 122 valence electrons. The standard InChI is InChI=1S/C12H23F3N2O2.ClH/c1-11(2-3-16-8-11)9-17(4-6-18)5-7-19-10-12(13,14)15;/h16,18H,2-10H2,1H3;1H. The smallest absolute Gasteiger partial charge is 0.395 e. The number of hydrogen-bond acceptors (Lipinski definition) is 4. The first-order valence-electron chi connectivity index (χ1n) is 6.53. The molecule has 8 heteroatoms. The van der Waals surface area contributed by atoms with Crippen molar-refractivity contribution in [3.05, 3.63) is 0 Å². The molecule has 1 atom stereocenters. The first kappa shape index (κ1) is 19.9. The average Bonchev–Trinajstić information content (AvgIpc) is 2.70. The van der Waals surface area contributed by atoms with Crippen molar-refractivity contribution in [1.82, 2.24) is 10.2 Å². The van der Waals surface area contributed by atoms with E-state index in [4.69, 9.17) is 5.11 Å². The molecule has 0 radical (unpaired) electrons. The van der Waals surface area contributed by atoms with Gasteiger partial charge in [0.1, 0.15) is 6.61 Å². The van der Waals surface area contributed by atoms with Gasteiger partial charge in [-0.3, -0.25) is 4.90 Å². The molecule has 4 nitrogen and oxygen atoms in total. The molecule has 1 rings (SSSR count). The Labute approximate surface area is 124 Å². The van der Waals surface area contributed by atoms with E-state index in [-0.39, 0.29) is 31.0 Å². The fourth-order valence-electron chi connectivity index (χ4n) is 2.34. The minimum atomic E-state index is -4.27. The van der Waals surface area contributed by atoms with Crippen molar-refractivity contribution in [2.45, 2.75) is 19.5 Å². The molecule has 0 spiro atoms. The topological polar surface area (TPSA) is 44.7 Å². The van der Waals surface area contributed by atoms with Gasteiger partial charge in [-0.1, -0.05) is 6.92 Å². The number of nitrogens with zero attached hydrogens (tertiary/aromatic N) is 1. The molecule has 2 N–H and O–H groups in total. The Morgan fingerprint density at radius 1 is 1.35 bits per heavy atom. The van der Waals surface area contributed by atoms with E-state index < -0.39 is 12.8 Å². The van der Waals surface area contributed by atoms with Gasteiger partial charge < -0.3 is 15.2 Å². The number of aliphatic hydroxyl groups excluding tert-OH is 1. The van der Waals surface area contributed by atoms with Gasteiger partial charge in [-0.2, -0.15) is 13.2 Å². The summed E-state index contributed by atoms with van der Waals surface area (Å²) in [5.74, 6) is 0. The van der Waals surface area contributed by atoms with Crippen LogP contribution in [0.25, 0.3) is 0 Å². The summed E-state index contributed by atoms with van der Waals surface area (Å²) >= 11 is 0. The molecule has 0 aliphatic carbocycles. The maximum Gasteiger partial charge on any atom is 0.411 e. The molecule has 0 amide bonds. The van der Waals surface area contributed by atoms with Crippen molar-refractivity contribution in [2.75, 3.05) is 52.5 Å². The summed E-state index contributed by atoms with van der Waals surface area (Å²) < 4.78 is 40.4. The van der Waals surface area contributed by atoms with Crippen molar-refractivity contribution in [2.24, 2.45) is 5.41 Å². The molecular weight excluding hydrogens is 297 g/mol. The number of ether oxygens (including phenoxy) is 1. The molecule has 1 aliphatic heterocycles. The van der Waals surface area contributed by atoms with Crippen LogP contribution in [0.3, 0.4) is 0 Å². The molecule has 1 saturated heterocycles. The Bertz CT molecular complexity index is 262. The van der Waals surface area contributed by atoms with Crippen LogP contribution in [0.2, 0.25) is 0 Å². The molecule has 0 aromatic heterocycles. The largest absolute Gasteiger partial charge is 0.411 e. The van der Waals surface area contributed by atoms with Crippen LogP contribution >= 0.6 is 12.4 Å². The van der Waals surface area contributed by atoms with Crippen LogP contribution in [0, 0.1) is 5.41 Å². The first-order valence-corrected chi connectivity index (χ1v) is 6.53. The van der Waals surface area contributed by atoms with Crippen LogP contribution in [0.15, 0.2) is 0 Å². The highest BCUT2D eigenvalue weighted by Crippen LogP contribution is 2.25. The van der Waals surface area contributed by atoms with Crippen molar-refractivity contribution < 1.29 is 23.0 Å². The monoisotopic (exact) mass is 320 g/mol. The van der Waals surface area contributed by atoms with Gasteiger partial charge in [0, 0.05) is 26.2 Å². The third-order valence-corrected chi connectivity index (χ3v) is 3.30. The fraction of sp³-hybridized carbons (Fsp3) is 1.00. The van der Waals surface area contributed by atoms with Gasteiger partial charge in [0.2, 0.25) is 0 Å². The summed E-state index contributed by atoms with van der Waals surface area (Å²) in [6.45, 7) is 4.47. The predicted octanol–water partition coefficient (Wildman–Crippen LogP) is 1.28. The summed E-state index contributed by atoms with van der Waals surface area (Å²) in [5, 5.41) is 12.3. The number of alkyl halides is 3. The van der Waals surface area contributed by atoms with Crippen molar-refractivity contribution in [3.63, 3.8) is 0 Å². The van der Waals surface area contributed by atoms with E-state index in [1.165, 1.54) is 0 Å². The first-order chi connectivity index (χ1) is 8.85. The van der Waals surface area contributed by atoms with E-state index in [0.717, 1.165) is 26.1 Å². The van der Waals surface area contributed by atoms with E-state index in [2.05, 4.69) is 17.0 Å². The zero-order valence-electron chi connectivity index (χ0n) is 11.7. The van der Waals surface area contributed by atoms with Crippen molar-refractivity contribution in [1.29, 1.82) is 0 Å². The zero-order chi connectivity index (χ0) is 14.4. The SMILES string of the molecule is CC1(CN(CCO)CCOCC(F)(F)F)CCNC1.Cl. The Morgan fingerprint density at radius 3 is 2.55 bits per heavy atom. The number of nitrogens with one attached hydrogen (secondary N) is 1. The second kappa shape index (κ2) is 9.04. The second-order valence-electron chi connectivity index (χ2n) is 5.40. The van der Waals surface area contributed by atoms with E-state index >= 15 is 0 Å². The van der Waals surface area contributed by atoms with Crippen LogP contribution < -0.4 is 5.32 Å². The molecule has 0 aromatic carbocycles. The molecule has 0 aromatic rings. The Morgan fingerprint density at radius 2 is 2.05 bits per heavy atom. The van der Waals surface area contributed by atoms with Gasteiger partial charge in [-0.15, -0.1) is 12.4 Å². The van der Waals surface area contributed by atoms with Crippen LogP contribution in [-0.4, -0.2) is 68.7 Å². The van der Waals surface area contributed by atoms with Gasteiger partial charge in [0.15, 0.2) is 0 Å². The van der Waals surface area contributed by atoms with E-state index in [0.29, 0.717) is 13.1 Å². The van der Waals surface area contributed by atoms with Crippen LogP contribution in [0.5, 0.6) is 0 Å². The van der Waals surface area contributed by atoms with Crippen molar-refractivity contribution >= 4 is 12.4 Å². The minimum absolute atomic E-state index is 0. The zero-order valence-corrected chi connectivity index (χ0v) is 12.5. The summed E-state index contributed by atoms with van der Waals surface area (Å²) in [4.78, 5) is 1.96. The lowest BCUT2D eigenvalue weighted by Crippen LogP contribution is -2.40. The Balaban J connectivity index is 0.00000361. The number of rotatable bonds is 8. The van der Waals surface area contributed by atoms with Crippen LogP contribution in [-0.2, 0) is 4.74 Å². The molecule has 20 heavy (non-hydrogen) atoms. The van der Waals surface area contributed by atoms with Crippen molar-refractivity contribution in [3.8, 4) is 0 Å². The third kappa shape index (κ3) is 8.26. The van der Waals surface area contributed by atoms with Crippen LogP contribution in [0.4, 0.5) is 13.2 Å². The van der Waals surface area contributed by atoms with Gasteiger partial charge >= 0.3 is 6.18 Å². The highest BCUT2D eigenvalue weighted by atomic mass is 35.5.